The van der Waals surface area contributed by atoms with Gasteiger partial charge in [0.25, 0.3) is 0 Å². The third-order valence-electron chi connectivity index (χ3n) is 7.72. The molecule has 2 aromatic heterocycles. The summed E-state index contributed by atoms with van der Waals surface area (Å²) in [6, 6.07) is 44.0. The fourth-order valence-electron chi connectivity index (χ4n) is 6.23. The van der Waals surface area contributed by atoms with Crippen LogP contribution in [0.15, 0.2) is 128 Å². The second kappa shape index (κ2) is 7.40. The van der Waals surface area contributed by atoms with Gasteiger partial charge in [0.15, 0.2) is 0 Å². The Labute approximate surface area is 209 Å². The summed E-state index contributed by atoms with van der Waals surface area (Å²) in [5.74, 6) is 1.14. The first-order valence-electron chi connectivity index (χ1n) is 12.4. The third-order valence-corrected chi connectivity index (χ3v) is 7.72. The smallest absolute Gasteiger partial charge is 0.137 e. The molecule has 7 aromatic rings. The van der Waals surface area contributed by atoms with E-state index in [1.807, 2.05) is 12.3 Å². The van der Waals surface area contributed by atoms with Gasteiger partial charge in [-0.2, -0.15) is 0 Å². The fraction of sp³-hybridized carbons (Fsp3) is 0.0294. The van der Waals surface area contributed by atoms with Crippen molar-refractivity contribution in [2.45, 2.75) is 5.92 Å². The molecule has 1 aliphatic rings. The highest BCUT2D eigenvalue weighted by atomic mass is 15.1. The van der Waals surface area contributed by atoms with Crippen LogP contribution in [0.1, 0.15) is 22.6 Å². The molecule has 1 atom stereocenters. The van der Waals surface area contributed by atoms with Gasteiger partial charge in [-0.3, -0.25) is 4.57 Å². The van der Waals surface area contributed by atoms with Gasteiger partial charge < -0.3 is 0 Å². The molecule has 0 spiro atoms. The maximum absolute atomic E-state index is 4.73. The van der Waals surface area contributed by atoms with Crippen LogP contribution < -0.4 is 0 Å². The van der Waals surface area contributed by atoms with Crippen LogP contribution >= 0.6 is 0 Å². The molecule has 2 heterocycles. The number of fused-ring (bicyclic) bond motifs is 8. The van der Waals surface area contributed by atoms with E-state index in [1.54, 1.807) is 0 Å². The SMILES string of the molecule is c1ccc(C2c3cc4c5ccccc5n(-c5ccccn5)c4cc3-c3ccc4ccccc4c32)cc1. The molecule has 1 unspecified atom stereocenters. The minimum absolute atomic E-state index is 0.198. The molecule has 0 N–H and O–H groups in total. The van der Waals surface area contributed by atoms with E-state index in [0.717, 1.165) is 5.82 Å². The lowest BCUT2D eigenvalue weighted by molar-refractivity contribution is 1.03. The maximum Gasteiger partial charge on any atom is 0.137 e. The highest BCUT2D eigenvalue weighted by Crippen LogP contribution is 2.52. The fourth-order valence-corrected chi connectivity index (χ4v) is 6.23. The second-order valence-corrected chi connectivity index (χ2v) is 9.59. The zero-order valence-corrected chi connectivity index (χ0v) is 19.6. The molecule has 0 bridgehead atoms. The van der Waals surface area contributed by atoms with Crippen LogP contribution in [0, 0.1) is 0 Å². The van der Waals surface area contributed by atoms with Gasteiger partial charge in [0.05, 0.1) is 11.0 Å². The van der Waals surface area contributed by atoms with Crippen LogP contribution in [0.25, 0.3) is 49.5 Å². The van der Waals surface area contributed by atoms with Gasteiger partial charge in [-0.1, -0.05) is 91.0 Å². The maximum atomic E-state index is 4.73. The summed E-state index contributed by atoms with van der Waals surface area (Å²) in [7, 11) is 0. The van der Waals surface area contributed by atoms with Crippen molar-refractivity contribution >= 4 is 32.6 Å². The quantitative estimate of drug-likeness (QED) is 0.254. The predicted octanol–water partition coefficient (Wildman–Crippen LogP) is 8.49. The average molecular weight is 459 g/mol. The molecule has 2 nitrogen and oxygen atoms in total. The number of aromatic nitrogens is 2. The molecule has 36 heavy (non-hydrogen) atoms. The van der Waals surface area contributed by atoms with Gasteiger partial charge in [-0.25, -0.2) is 4.98 Å². The lowest BCUT2D eigenvalue weighted by Crippen LogP contribution is -2.00. The van der Waals surface area contributed by atoms with Crippen molar-refractivity contribution < 1.29 is 0 Å². The zero-order valence-electron chi connectivity index (χ0n) is 19.6. The summed E-state index contributed by atoms with van der Waals surface area (Å²) in [6.45, 7) is 0. The van der Waals surface area contributed by atoms with Crippen molar-refractivity contribution in [1.82, 2.24) is 9.55 Å². The van der Waals surface area contributed by atoms with Gasteiger partial charge in [-0.05, 0) is 68.9 Å². The van der Waals surface area contributed by atoms with Crippen molar-refractivity contribution in [2.75, 3.05) is 0 Å². The summed E-state index contributed by atoms with van der Waals surface area (Å²) in [6.07, 6.45) is 1.87. The molecular weight excluding hydrogens is 436 g/mol. The van der Waals surface area contributed by atoms with Crippen molar-refractivity contribution in [3.63, 3.8) is 0 Å². The number of hydrogen-bond acceptors (Lipinski definition) is 1. The topological polar surface area (TPSA) is 17.8 Å². The summed E-state index contributed by atoms with van der Waals surface area (Å²) in [4.78, 5) is 4.73. The van der Waals surface area contributed by atoms with Gasteiger partial charge >= 0.3 is 0 Å². The number of rotatable bonds is 2. The molecule has 0 amide bonds. The standard InChI is InChI=1S/C34H22N2/c1-2-11-23(12-3-1)33-29-20-28-25-14-6-7-15-30(25)36(32-16-8-9-19-35-32)31(28)21-27(29)26-18-17-22-10-4-5-13-24(22)34(26)33/h1-21,33H. The summed E-state index contributed by atoms with van der Waals surface area (Å²) in [5, 5.41) is 5.15. The van der Waals surface area contributed by atoms with Gasteiger partial charge in [0, 0.05) is 22.9 Å². The first-order valence-corrected chi connectivity index (χ1v) is 12.4. The largest absolute Gasteiger partial charge is 0.294 e. The van der Waals surface area contributed by atoms with Crippen LogP contribution in [-0.4, -0.2) is 9.55 Å². The van der Waals surface area contributed by atoms with E-state index in [4.69, 9.17) is 4.98 Å². The van der Waals surface area contributed by atoms with E-state index in [2.05, 4.69) is 120 Å². The van der Waals surface area contributed by atoms with Crippen LogP contribution in [0.2, 0.25) is 0 Å². The molecule has 0 saturated heterocycles. The Morgan fingerprint density at radius 1 is 0.556 bits per heavy atom. The summed E-state index contributed by atoms with van der Waals surface area (Å²) in [5.41, 5.74) is 9.15. The Morgan fingerprint density at radius 3 is 2.19 bits per heavy atom. The van der Waals surface area contributed by atoms with Crippen LogP contribution in [0.3, 0.4) is 0 Å². The van der Waals surface area contributed by atoms with E-state index in [1.165, 1.54) is 60.4 Å². The minimum atomic E-state index is 0.198. The number of pyridine rings is 1. The monoisotopic (exact) mass is 458 g/mol. The van der Waals surface area contributed by atoms with Crippen molar-refractivity contribution in [2.24, 2.45) is 0 Å². The van der Waals surface area contributed by atoms with E-state index >= 15 is 0 Å². The zero-order chi connectivity index (χ0) is 23.6. The van der Waals surface area contributed by atoms with Gasteiger partial charge in [0.2, 0.25) is 0 Å². The second-order valence-electron chi connectivity index (χ2n) is 9.59. The van der Waals surface area contributed by atoms with Crippen LogP contribution in [0.4, 0.5) is 0 Å². The van der Waals surface area contributed by atoms with Crippen LogP contribution in [0.5, 0.6) is 0 Å². The van der Waals surface area contributed by atoms with E-state index in [0.29, 0.717) is 0 Å². The molecule has 8 rings (SSSR count). The Kier molecular flexibility index (Phi) is 4.03. The van der Waals surface area contributed by atoms with Gasteiger partial charge in [-0.15, -0.1) is 0 Å². The molecule has 1 aliphatic carbocycles. The lowest BCUT2D eigenvalue weighted by atomic mass is 9.86. The Hall–Kier alpha value is -4.69. The van der Waals surface area contributed by atoms with Crippen molar-refractivity contribution in [3.05, 3.63) is 144 Å². The van der Waals surface area contributed by atoms with Crippen molar-refractivity contribution in [3.8, 4) is 16.9 Å². The molecule has 0 fully saturated rings. The minimum Gasteiger partial charge on any atom is -0.294 e. The van der Waals surface area contributed by atoms with E-state index in [9.17, 15) is 0 Å². The average Bonchev–Trinajstić information content (AvgIpc) is 3.45. The third kappa shape index (κ3) is 2.64. The predicted molar refractivity (Wildman–Crippen MR) is 149 cm³/mol. The Morgan fingerprint density at radius 2 is 1.33 bits per heavy atom. The summed E-state index contributed by atoms with van der Waals surface area (Å²) < 4.78 is 2.31. The Balaban J connectivity index is 1.53. The molecule has 2 heteroatoms. The van der Waals surface area contributed by atoms with E-state index in [-0.39, 0.29) is 5.92 Å². The molecule has 0 saturated carbocycles. The van der Waals surface area contributed by atoms with E-state index < -0.39 is 0 Å². The number of hydrogen-bond donors (Lipinski definition) is 0. The lowest BCUT2D eigenvalue weighted by Gasteiger charge is -2.16. The highest BCUT2D eigenvalue weighted by molar-refractivity contribution is 6.12. The number of benzene rings is 5. The Bertz CT molecular complexity index is 1930. The van der Waals surface area contributed by atoms with Crippen LogP contribution in [-0.2, 0) is 0 Å². The molecule has 0 radical (unpaired) electrons. The molecular formula is C34H22N2. The molecule has 5 aromatic carbocycles. The molecule has 168 valence electrons. The summed E-state index contributed by atoms with van der Waals surface area (Å²) >= 11 is 0. The number of nitrogens with zero attached hydrogens (tertiary/aromatic N) is 2. The first-order chi connectivity index (χ1) is 17.9. The number of para-hydroxylation sites is 1. The highest BCUT2D eigenvalue weighted by Gasteiger charge is 2.33. The molecule has 0 aliphatic heterocycles. The van der Waals surface area contributed by atoms with Gasteiger partial charge in [0.1, 0.15) is 5.82 Å². The normalized spacial score (nSPS) is 14.4. The first kappa shape index (κ1) is 19.6. The van der Waals surface area contributed by atoms with Crippen molar-refractivity contribution in [1.29, 1.82) is 0 Å².